The first kappa shape index (κ1) is 44.0. The lowest BCUT2D eigenvalue weighted by Gasteiger charge is -2.62. The zero-order valence-electron chi connectivity index (χ0n) is 34.9. The number of benzene rings is 2. The summed E-state index contributed by atoms with van der Waals surface area (Å²) in [6.07, 6.45) is -8.96. The average Bonchev–Trinajstić information content (AvgIpc) is 3.35. The summed E-state index contributed by atoms with van der Waals surface area (Å²) in [4.78, 5) is 94.3. The van der Waals surface area contributed by atoms with Crippen LogP contribution in [0, 0.1) is 17.8 Å². The summed E-state index contributed by atoms with van der Waals surface area (Å²) in [6.45, 7) is 15.4. The first-order valence-corrected chi connectivity index (χ1v) is 19.5. The van der Waals surface area contributed by atoms with Gasteiger partial charge in [0.2, 0.25) is 5.60 Å². The van der Waals surface area contributed by atoms with Crippen molar-refractivity contribution in [3.05, 3.63) is 83.9 Å². The van der Waals surface area contributed by atoms with Gasteiger partial charge < -0.3 is 43.0 Å². The molecule has 1 N–H and O–H groups in total. The second-order valence-corrected chi connectivity index (χ2v) is 16.6. The Morgan fingerprint density at radius 3 is 1.58 bits per heavy atom. The summed E-state index contributed by atoms with van der Waals surface area (Å²) < 4.78 is 50.0. The Morgan fingerprint density at radius 2 is 1.12 bits per heavy atom. The van der Waals surface area contributed by atoms with Gasteiger partial charge in [-0.05, 0) is 57.0 Å². The summed E-state index contributed by atoms with van der Waals surface area (Å²) >= 11 is 0. The van der Waals surface area contributed by atoms with Gasteiger partial charge >= 0.3 is 41.8 Å². The molecule has 2 aromatic rings. The maximum atomic E-state index is 14.1. The van der Waals surface area contributed by atoms with Gasteiger partial charge in [0.1, 0.15) is 17.3 Å². The lowest BCUT2D eigenvalue weighted by Crippen LogP contribution is -2.81. The highest BCUT2D eigenvalue weighted by atomic mass is 16.7. The van der Waals surface area contributed by atoms with Crippen molar-refractivity contribution in [3.8, 4) is 0 Å². The zero-order chi connectivity index (χ0) is 44.3. The van der Waals surface area contributed by atoms with Gasteiger partial charge in [0.05, 0.1) is 22.6 Å². The topological polar surface area (TPSA) is 214 Å². The molecule has 16 heteroatoms. The molecule has 5 aliphatic rings. The number of carbonyl (C=O) groups is 7. The largest absolute Gasteiger partial charge is 0.459 e. The van der Waals surface area contributed by atoms with E-state index in [0.29, 0.717) is 0 Å². The summed E-state index contributed by atoms with van der Waals surface area (Å²) in [5, 5.41) is 14.1. The van der Waals surface area contributed by atoms with E-state index in [-0.39, 0.29) is 16.7 Å². The van der Waals surface area contributed by atoms with Gasteiger partial charge in [-0.25, -0.2) is 9.59 Å². The Bertz CT molecular complexity index is 2100. The van der Waals surface area contributed by atoms with Crippen LogP contribution in [0.4, 0.5) is 0 Å². The lowest BCUT2D eigenvalue weighted by atomic mass is 9.52. The van der Waals surface area contributed by atoms with Gasteiger partial charge in [-0.15, -0.1) is 0 Å². The van der Waals surface area contributed by atoms with Gasteiger partial charge in [-0.2, -0.15) is 0 Å². The number of hydrogen-bond donors (Lipinski definition) is 1. The van der Waals surface area contributed by atoms with Crippen molar-refractivity contribution in [1.29, 1.82) is 0 Å². The maximum Gasteiger partial charge on any atom is 0.338 e. The van der Waals surface area contributed by atoms with E-state index in [1.54, 1.807) is 36.4 Å². The Labute approximate surface area is 346 Å². The van der Waals surface area contributed by atoms with Crippen molar-refractivity contribution in [2.24, 2.45) is 17.8 Å². The van der Waals surface area contributed by atoms with Crippen LogP contribution >= 0.6 is 0 Å². The fourth-order valence-corrected chi connectivity index (χ4v) is 10.6. The molecule has 2 heterocycles. The number of esters is 7. The fourth-order valence-electron chi connectivity index (χ4n) is 10.6. The Kier molecular flexibility index (Phi) is 11.3. The maximum absolute atomic E-state index is 14.1. The Morgan fingerprint density at radius 1 is 0.633 bits per heavy atom. The SMILES string of the molecule is C=C(C)[C@@]1(OC(C)=O)[C@H](OC(C)=O)[C@@H]2[C@H](OC(C)=O)[C@@]3(C)O[C@@]4([C@@H]3OC(C)=O)[C@@H](OC(=O)c3ccccc3)[C@](C)(OC(C)=O)C[C@H]4[C@@]2(O)[C@H](C)[C@@H]1OC(=O)c1ccccc1. The van der Waals surface area contributed by atoms with Crippen molar-refractivity contribution in [1.82, 2.24) is 0 Å². The van der Waals surface area contributed by atoms with E-state index in [9.17, 15) is 38.7 Å². The number of hydrogen-bond acceptors (Lipinski definition) is 16. The molecule has 2 aromatic carbocycles. The third-order valence-corrected chi connectivity index (χ3v) is 12.5. The van der Waals surface area contributed by atoms with Crippen LogP contribution in [0.25, 0.3) is 0 Å². The first-order chi connectivity index (χ1) is 28.0. The Hall–Kier alpha value is -5.61. The molecular weight excluding hydrogens is 784 g/mol. The van der Waals surface area contributed by atoms with Crippen molar-refractivity contribution in [2.45, 2.75) is 127 Å². The molecule has 0 unspecified atom stereocenters. The van der Waals surface area contributed by atoms with Crippen LogP contribution in [0.1, 0.15) is 89.5 Å². The second-order valence-electron chi connectivity index (χ2n) is 16.6. The predicted molar refractivity (Wildman–Crippen MR) is 205 cm³/mol. The molecule has 3 saturated carbocycles. The monoisotopic (exact) mass is 834 g/mol. The van der Waals surface area contributed by atoms with Gasteiger partial charge in [-0.3, -0.25) is 24.0 Å². The van der Waals surface area contributed by atoms with Crippen LogP contribution in [-0.2, 0) is 61.9 Å². The summed E-state index contributed by atoms with van der Waals surface area (Å²) in [6, 6.07) is 15.7. The third-order valence-electron chi connectivity index (χ3n) is 12.5. The molecule has 2 bridgehead atoms. The van der Waals surface area contributed by atoms with E-state index in [4.69, 9.17) is 37.9 Å². The molecule has 2 aliphatic heterocycles. The van der Waals surface area contributed by atoms with Gasteiger partial charge in [0.15, 0.2) is 30.0 Å². The number of ether oxygens (including phenoxy) is 8. The molecular formula is C44H50O16. The number of aliphatic hydroxyl groups is 1. The van der Waals surface area contributed by atoms with Gasteiger partial charge in [0.25, 0.3) is 0 Å². The lowest BCUT2D eigenvalue weighted by molar-refractivity contribution is -0.393. The molecule has 7 rings (SSSR count). The summed E-state index contributed by atoms with van der Waals surface area (Å²) in [5.74, 6) is -10.9. The van der Waals surface area contributed by atoms with Crippen LogP contribution < -0.4 is 0 Å². The molecule has 2 saturated heterocycles. The van der Waals surface area contributed by atoms with E-state index in [2.05, 4.69) is 6.58 Å². The van der Waals surface area contributed by atoms with E-state index in [1.165, 1.54) is 52.0 Å². The quantitative estimate of drug-likeness (QED) is 0.204. The normalized spacial score (nSPS) is 37.2. The van der Waals surface area contributed by atoms with Crippen molar-refractivity contribution in [2.75, 3.05) is 0 Å². The first-order valence-electron chi connectivity index (χ1n) is 19.5. The predicted octanol–water partition coefficient (Wildman–Crippen LogP) is 3.99. The molecule has 322 valence electrons. The standard InChI is InChI=1S/C44H50O16/c1-22(2)43(59-28(8)49)33(56-36(50)29-17-13-11-14-18-29)23(3)42(52)31-21-40(9,58-27(7)48)38(57-37(51)30-19-15-12-16-20-30)44(31)39(55-26(6)47)41(10,60-44)34(53-24(4)45)32(42)35(43)54-25(5)46/h11-20,23,31-35,38-39,52H,1,21H2,2-10H3/t23-,31+,32+,33+,34+,35-,38+,39-,40-,41-,42+,43+,44-/m1/s1. The third kappa shape index (κ3) is 6.73. The molecule has 5 fully saturated rings. The molecule has 0 radical (unpaired) electrons. The van der Waals surface area contributed by atoms with E-state index in [0.717, 1.165) is 34.6 Å². The second kappa shape index (κ2) is 15.4. The number of rotatable bonds is 10. The van der Waals surface area contributed by atoms with Crippen LogP contribution in [-0.4, -0.2) is 105 Å². The van der Waals surface area contributed by atoms with Crippen LogP contribution in [0.3, 0.4) is 0 Å². The molecule has 16 nitrogen and oxygen atoms in total. The van der Waals surface area contributed by atoms with Crippen molar-refractivity contribution in [3.63, 3.8) is 0 Å². The molecule has 13 atom stereocenters. The van der Waals surface area contributed by atoms with Gasteiger partial charge in [-0.1, -0.05) is 49.9 Å². The smallest absolute Gasteiger partial charge is 0.338 e. The minimum atomic E-state index is -2.48. The molecule has 60 heavy (non-hydrogen) atoms. The minimum Gasteiger partial charge on any atom is -0.459 e. The minimum absolute atomic E-state index is 0.00467. The summed E-state index contributed by atoms with van der Waals surface area (Å²) in [5.41, 5.74) is -10.5. The van der Waals surface area contributed by atoms with E-state index < -0.39 is 124 Å². The fraction of sp³-hybridized carbons (Fsp3) is 0.523. The van der Waals surface area contributed by atoms with Crippen molar-refractivity contribution >= 4 is 41.8 Å². The average molecular weight is 835 g/mol. The molecule has 0 amide bonds. The van der Waals surface area contributed by atoms with E-state index >= 15 is 0 Å². The molecule has 3 aliphatic carbocycles. The zero-order valence-corrected chi connectivity index (χ0v) is 34.9. The van der Waals surface area contributed by atoms with Crippen LogP contribution in [0.5, 0.6) is 0 Å². The Balaban J connectivity index is 1.71. The van der Waals surface area contributed by atoms with E-state index in [1.807, 2.05) is 0 Å². The van der Waals surface area contributed by atoms with Crippen molar-refractivity contribution < 1.29 is 76.6 Å². The van der Waals surface area contributed by atoms with Crippen LogP contribution in [0.15, 0.2) is 72.8 Å². The highest BCUT2D eigenvalue weighted by Crippen LogP contribution is 2.72. The molecule has 0 aromatic heterocycles. The van der Waals surface area contributed by atoms with Crippen LogP contribution in [0.2, 0.25) is 0 Å². The summed E-state index contributed by atoms with van der Waals surface area (Å²) in [7, 11) is 0. The van der Waals surface area contributed by atoms with Gasteiger partial charge in [0, 0.05) is 46.5 Å². The molecule has 1 spiro atoms. The highest BCUT2D eigenvalue weighted by Gasteiger charge is 2.91. The highest BCUT2D eigenvalue weighted by molar-refractivity contribution is 5.90. The number of carbonyl (C=O) groups excluding carboxylic acids is 7.